The van der Waals surface area contributed by atoms with Crippen LogP contribution in [0, 0.1) is 13.8 Å². The van der Waals surface area contributed by atoms with Crippen LogP contribution in [0.5, 0.6) is 0 Å². The molecule has 0 saturated heterocycles. The number of nitrogens with two attached hydrogens (primary N) is 1. The van der Waals surface area contributed by atoms with Crippen molar-refractivity contribution < 1.29 is 4.79 Å². The van der Waals surface area contributed by atoms with E-state index in [1.807, 2.05) is 38.1 Å². The van der Waals surface area contributed by atoms with E-state index >= 15 is 0 Å². The van der Waals surface area contributed by atoms with E-state index in [0.717, 1.165) is 21.0 Å². The van der Waals surface area contributed by atoms with E-state index in [0.29, 0.717) is 10.8 Å². The van der Waals surface area contributed by atoms with E-state index in [2.05, 4.69) is 41.5 Å². The maximum atomic E-state index is 12.5. The number of nitrogens with one attached hydrogen (secondary N) is 1. The molecule has 0 saturated carbocycles. The summed E-state index contributed by atoms with van der Waals surface area (Å²) >= 11 is 3.00. The molecule has 0 aliphatic rings. The minimum absolute atomic E-state index is 0.0592. The van der Waals surface area contributed by atoms with Crippen LogP contribution in [0.1, 0.15) is 17.4 Å². The molecule has 1 atom stereocenters. The lowest BCUT2D eigenvalue weighted by Gasteiger charge is -2.10. The van der Waals surface area contributed by atoms with Gasteiger partial charge in [0.2, 0.25) is 5.91 Å². The van der Waals surface area contributed by atoms with E-state index in [9.17, 15) is 4.79 Å². The van der Waals surface area contributed by atoms with Gasteiger partial charge in [-0.05, 0) is 45.0 Å². The molecule has 134 valence electrons. The van der Waals surface area contributed by atoms with Crippen LogP contribution in [0.4, 0.5) is 10.8 Å². The summed E-state index contributed by atoms with van der Waals surface area (Å²) in [6.45, 7) is 5.97. The highest BCUT2D eigenvalue weighted by Crippen LogP contribution is 2.31. The van der Waals surface area contributed by atoms with Gasteiger partial charge < -0.3 is 11.1 Å². The molecule has 0 aliphatic carbocycles. The number of rotatable bonds is 5. The van der Waals surface area contributed by atoms with Crippen LogP contribution < -0.4 is 11.1 Å². The maximum absolute atomic E-state index is 12.5. The van der Waals surface area contributed by atoms with E-state index in [-0.39, 0.29) is 11.2 Å². The highest BCUT2D eigenvalue weighted by atomic mass is 32.2. The number of carbonyl (C=O) groups is 1. The summed E-state index contributed by atoms with van der Waals surface area (Å²) in [6, 6.07) is 15.8. The molecule has 2 aromatic carbocycles. The molecule has 1 amide bonds. The van der Waals surface area contributed by atoms with Crippen molar-refractivity contribution in [1.82, 2.24) is 4.98 Å². The Kier molecular flexibility index (Phi) is 5.64. The van der Waals surface area contributed by atoms with Crippen molar-refractivity contribution in [3.05, 3.63) is 59.0 Å². The second-order valence-corrected chi connectivity index (χ2v) is 8.73. The van der Waals surface area contributed by atoms with E-state index in [4.69, 9.17) is 5.73 Å². The molecule has 1 unspecified atom stereocenters. The molecule has 0 aliphatic heterocycles. The van der Waals surface area contributed by atoms with Crippen molar-refractivity contribution in [2.75, 3.05) is 11.1 Å². The number of hydrogen-bond donors (Lipinski definition) is 2. The summed E-state index contributed by atoms with van der Waals surface area (Å²) in [5.41, 5.74) is 9.61. The fourth-order valence-corrected chi connectivity index (χ4v) is 4.15. The zero-order valence-electron chi connectivity index (χ0n) is 14.9. The minimum atomic E-state index is -0.231. The Hall–Kier alpha value is -2.31. The predicted octanol–water partition coefficient (Wildman–Crippen LogP) is 5.13. The summed E-state index contributed by atoms with van der Waals surface area (Å²) in [4.78, 5) is 19.2. The SMILES string of the molecule is Cc1ccc(-c2nc(NC(=O)C(C)Sc3ccc(N)cc3)sc2C)cc1. The van der Waals surface area contributed by atoms with Gasteiger partial charge in [0.25, 0.3) is 0 Å². The molecule has 26 heavy (non-hydrogen) atoms. The molecule has 1 aromatic heterocycles. The van der Waals surface area contributed by atoms with Crippen LogP contribution >= 0.6 is 23.1 Å². The first-order chi connectivity index (χ1) is 12.4. The number of thiazole rings is 1. The summed E-state index contributed by atoms with van der Waals surface area (Å²) in [5, 5.41) is 3.34. The first-order valence-electron chi connectivity index (χ1n) is 8.30. The minimum Gasteiger partial charge on any atom is -0.399 e. The smallest absolute Gasteiger partial charge is 0.239 e. The molecule has 0 radical (unpaired) electrons. The average molecular weight is 384 g/mol. The van der Waals surface area contributed by atoms with Crippen LogP contribution in [0.2, 0.25) is 0 Å². The number of benzene rings is 2. The largest absolute Gasteiger partial charge is 0.399 e. The van der Waals surface area contributed by atoms with Gasteiger partial charge in [-0.3, -0.25) is 4.79 Å². The lowest BCUT2D eigenvalue weighted by atomic mass is 10.1. The van der Waals surface area contributed by atoms with Crippen LogP contribution in [0.25, 0.3) is 11.3 Å². The molecule has 0 bridgehead atoms. The van der Waals surface area contributed by atoms with Crippen molar-refractivity contribution in [3.8, 4) is 11.3 Å². The zero-order chi connectivity index (χ0) is 18.7. The zero-order valence-corrected chi connectivity index (χ0v) is 16.6. The molecule has 4 nitrogen and oxygen atoms in total. The number of aromatic nitrogens is 1. The van der Waals surface area contributed by atoms with Gasteiger partial charge in [-0.15, -0.1) is 23.1 Å². The summed E-state index contributed by atoms with van der Waals surface area (Å²) in [6.07, 6.45) is 0. The second kappa shape index (κ2) is 7.93. The second-order valence-electron chi connectivity index (χ2n) is 6.11. The van der Waals surface area contributed by atoms with Gasteiger partial charge >= 0.3 is 0 Å². The number of hydrogen-bond acceptors (Lipinski definition) is 5. The van der Waals surface area contributed by atoms with Crippen molar-refractivity contribution >= 4 is 39.8 Å². The van der Waals surface area contributed by atoms with Crippen molar-refractivity contribution in [2.24, 2.45) is 0 Å². The molecular formula is C20H21N3OS2. The lowest BCUT2D eigenvalue weighted by Crippen LogP contribution is -2.22. The van der Waals surface area contributed by atoms with Crippen molar-refractivity contribution in [2.45, 2.75) is 30.9 Å². The summed E-state index contributed by atoms with van der Waals surface area (Å²) in [7, 11) is 0. The average Bonchev–Trinajstić information content (AvgIpc) is 2.97. The van der Waals surface area contributed by atoms with E-state index in [1.165, 1.54) is 28.7 Å². The molecule has 1 heterocycles. The highest BCUT2D eigenvalue weighted by Gasteiger charge is 2.17. The van der Waals surface area contributed by atoms with Gasteiger partial charge in [-0.2, -0.15) is 0 Å². The van der Waals surface area contributed by atoms with Gasteiger partial charge in [0.1, 0.15) is 0 Å². The Morgan fingerprint density at radius 1 is 1.12 bits per heavy atom. The number of nitrogens with zero attached hydrogens (tertiary/aromatic N) is 1. The first kappa shape index (κ1) is 18.5. The quantitative estimate of drug-likeness (QED) is 0.473. The highest BCUT2D eigenvalue weighted by molar-refractivity contribution is 8.00. The van der Waals surface area contributed by atoms with Crippen molar-refractivity contribution in [1.29, 1.82) is 0 Å². The lowest BCUT2D eigenvalue weighted by molar-refractivity contribution is -0.115. The van der Waals surface area contributed by atoms with Crippen LogP contribution in [0.15, 0.2) is 53.4 Å². The third-order valence-corrected chi connectivity index (χ3v) is 5.91. The Bertz CT molecular complexity index is 902. The standard InChI is InChI=1S/C20H21N3OS2/c1-12-4-6-15(7-5-12)18-13(2)26-20(22-18)23-19(24)14(3)25-17-10-8-16(21)9-11-17/h4-11,14H,21H2,1-3H3,(H,22,23,24). The number of amides is 1. The maximum Gasteiger partial charge on any atom is 0.239 e. The van der Waals surface area contributed by atoms with E-state index in [1.54, 1.807) is 0 Å². The van der Waals surface area contributed by atoms with Crippen LogP contribution in [-0.4, -0.2) is 16.1 Å². The number of aryl methyl sites for hydroxylation is 2. The van der Waals surface area contributed by atoms with Gasteiger partial charge in [-0.1, -0.05) is 29.8 Å². The molecule has 0 spiro atoms. The van der Waals surface area contributed by atoms with Crippen LogP contribution in [-0.2, 0) is 4.79 Å². The van der Waals surface area contributed by atoms with Gasteiger partial charge in [0.05, 0.1) is 10.9 Å². The number of carbonyl (C=O) groups excluding carboxylic acids is 1. The first-order valence-corrected chi connectivity index (χ1v) is 9.99. The Labute approximate surface area is 161 Å². The monoisotopic (exact) mass is 383 g/mol. The fourth-order valence-electron chi connectivity index (χ4n) is 2.44. The Morgan fingerprint density at radius 2 is 1.77 bits per heavy atom. The molecule has 0 fully saturated rings. The van der Waals surface area contributed by atoms with Gasteiger partial charge in [0.15, 0.2) is 5.13 Å². The van der Waals surface area contributed by atoms with Gasteiger partial charge in [0, 0.05) is 21.0 Å². The number of anilines is 2. The molecule has 3 N–H and O–H groups in total. The Balaban J connectivity index is 1.68. The van der Waals surface area contributed by atoms with Gasteiger partial charge in [-0.25, -0.2) is 4.98 Å². The molecule has 3 aromatic rings. The third kappa shape index (κ3) is 4.45. The molecule has 6 heteroatoms. The van der Waals surface area contributed by atoms with Crippen molar-refractivity contribution in [3.63, 3.8) is 0 Å². The normalized spacial score (nSPS) is 12.0. The summed E-state index contributed by atoms with van der Waals surface area (Å²) in [5.74, 6) is -0.0592. The van der Waals surface area contributed by atoms with E-state index < -0.39 is 0 Å². The van der Waals surface area contributed by atoms with Crippen LogP contribution in [0.3, 0.4) is 0 Å². The topological polar surface area (TPSA) is 68.0 Å². The fraction of sp³-hybridized carbons (Fsp3) is 0.200. The Morgan fingerprint density at radius 3 is 2.42 bits per heavy atom. The molecular weight excluding hydrogens is 362 g/mol. The number of thioether (sulfide) groups is 1. The summed E-state index contributed by atoms with van der Waals surface area (Å²) < 4.78 is 0. The molecule has 3 rings (SSSR count). The third-order valence-electron chi connectivity index (χ3n) is 3.91. The number of nitrogen functional groups attached to an aromatic ring is 1. The predicted molar refractivity (Wildman–Crippen MR) is 112 cm³/mol.